The molecule has 0 aromatic heterocycles. The van der Waals surface area contributed by atoms with Gasteiger partial charge in [-0.25, -0.2) is 8.42 Å². The van der Waals surface area contributed by atoms with Crippen LogP contribution in [0.25, 0.3) is 10.8 Å². The van der Waals surface area contributed by atoms with Crippen LogP contribution in [0.5, 0.6) is 0 Å². The molecule has 4 aromatic rings. The van der Waals surface area contributed by atoms with Gasteiger partial charge in [-0.3, -0.25) is 13.9 Å². The molecule has 0 saturated heterocycles. The Labute approximate surface area is 203 Å². The Balaban J connectivity index is 1.53. The Hall–Kier alpha value is -4.17. The lowest BCUT2D eigenvalue weighted by Crippen LogP contribution is -2.52. The molecule has 1 atom stereocenters. The molecule has 5 rings (SSSR count). The maximum atomic E-state index is 14.1. The van der Waals surface area contributed by atoms with Gasteiger partial charge in [-0.1, -0.05) is 78.9 Å². The van der Waals surface area contributed by atoms with E-state index in [1.165, 1.54) is 6.07 Å². The Kier molecular flexibility index (Phi) is 5.96. The number of nitrogens with one attached hydrogen (secondary N) is 2. The van der Waals surface area contributed by atoms with Crippen LogP contribution in [0.1, 0.15) is 12.0 Å². The Morgan fingerprint density at radius 2 is 1.54 bits per heavy atom. The van der Waals surface area contributed by atoms with Gasteiger partial charge in [0.25, 0.3) is 10.0 Å². The molecule has 4 aromatic carbocycles. The van der Waals surface area contributed by atoms with Crippen LogP contribution in [0.2, 0.25) is 0 Å². The number of fused-ring (bicyclic) bond motifs is 2. The quantitative estimate of drug-likeness (QED) is 0.431. The van der Waals surface area contributed by atoms with Crippen molar-refractivity contribution in [2.24, 2.45) is 0 Å². The van der Waals surface area contributed by atoms with Crippen LogP contribution < -0.4 is 14.9 Å². The third-order valence-corrected chi connectivity index (χ3v) is 7.86. The molecule has 7 nitrogen and oxygen atoms in total. The lowest BCUT2D eigenvalue weighted by atomic mass is 10.1. The number of hydrogen-bond donors (Lipinski definition) is 2. The first kappa shape index (κ1) is 22.6. The molecule has 1 aliphatic rings. The molecule has 0 fully saturated rings. The monoisotopic (exact) mass is 485 g/mol. The smallest absolute Gasteiger partial charge is 0.265 e. The number of benzene rings is 4. The Morgan fingerprint density at radius 3 is 2.37 bits per heavy atom. The van der Waals surface area contributed by atoms with Crippen LogP contribution in [-0.4, -0.2) is 26.3 Å². The van der Waals surface area contributed by atoms with Crippen LogP contribution in [0.15, 0.2) is 102 Å². The summed E-state index contributed by atoms with van der Waals surface area (Å²) in [6.07, 6.45) is -0.322. The first-order valence-electron chi connectivity index (χ1n) is 11.2. The van der Waals surface area contributed by atoms with Crippen LogP contribution in [0.4, 0.5) is 11.4 Å². The van der Waals surface area contributed by atoms with Crippen molar-refractivity contribution in [1.82, 2.24) is 5.32 Å². The number of nitrogens with zero attached hydrogens (tertiary/aromatic N) is 1. The van der Waals surface area contributed by atoms with E-state index in [0.29, 0.717) is 16.8 Å². The zero-order valence-corrected chi connectivity index (χ0v) is 19.5. The van der Waals surface area contributed by atoms with Gasteiger partial charge >= 0.3 is 0 Å². The summed E-state index contributed by atoms with van der Waals surface area (Å²) in [5, 5.41) is 6.86. The molecular weight excluding hydrogens is 462 g/mol. The molecule has 1 heterocycles. The standard InChI is InChI=1S/C27H23N3O4S/c31-26(28-18-19-9-2-1-3-10-19)17-24-27(32)29-22-14-6-7-15-23(22)30(24)35(33,34)25-16-8-12-20-11-4-5-13-21(20)25/h1-16,24H,17-18H2,(H,28,31)(H,29,32)/t24-/m1/s1. The lowest BCUT2D eigenvalue weighted by molar-refractivity contribution is -0.125. The third-order valence-electron chi connectivity index (χ3n) is 5.98. The third kappa shape index (κ3) is 4.36. The van der Waals surface area contributed by atoms with E-state index >= 15 is 0 Å². The average Bonchev–Trinajstić information content (AvgIpc) is 2.88. The van der Waals surface area contributed by atoms with Crippen molar-refractivity contribution in [3.63, 3.8) is 0 Å². The summed E-state index contributed by atoms with van der Waals surface area (Å²) in [4.78, 5) is 26.1. The predicted octanol–water partition coefficient (Wildman–Crippen LogP) is 4.06. The summed E-state index contributed by atoms with van der Waals surface area (Å²) in [5.74, 6) is -0.978. The van der Waals surface area contributed by atoms with Crippen molar-refractivity contribution in [1.29, 1.82) is 0 Å². The van der Waals surface area contributed by atoms with Crippen LogP contribution in [-0.2, 0) is 26.2 Å². The first-order chi connectivity index (χ1) is 16.9. The summed E-state index contributed by atoms with van der Waals surface area (Å²) >= 11 is 0. The van der Waals surface area contributed by atoms with E-state index in [-0.39, 0.29) is 17.9 Å². The molecule has 0 spiro atoms. The van der Waals surface area contributed by atoms with Gasteiger partial charge in [0.15, 0.2) is 0 Å². The highest BCUT2D eigenvalue weighted by atomic mass is 32.2. The van der Waals surface area contributed by atoms with Gasteiger partial charge in [0.1, 0.15) is 6.04 Å². The van der Waals surface area contributed by atoms with Crippen molar-refractivity contribution in [3.05, 3.63) is 103 Å². The normalized spacial score (nSPS) is 15.4. The minimum Gasteiger partial charge on any atom is -0.352 e. The van der Waals surface area contributed by atoms with E-state index in [0.717, 1.165) is 15.3 Å². The fourth-order valence-corrected chi connectivity index (χ4v) is 6.16. The molecule has 0 aliphatic carbocycles. The summed E-state index contributed by atoms with van der Waals surface area (Å²) < 4.78 is 29.3. The van der Waals surface area contributed by atoms with E-state index in [9.17, 15) is 18.0 Å². The second kappa shape index (κ2) is 9.23. The SMILES string of the molecule is O=C(C[C@@H]1C(=O)Nc2ccccc2N1S(=O)(=O)c1cccc2ccccc12)NCc1ccccc1. The number of para-hydroxylation sites is 2. The number of rotatable bonds is 6. The molecule has 176 valence electrons. The highest BCUT2D eigenvalue weighted by Gasteiger charge is 2.42. The largest absolute Gasteiger partial charge is 0.352 e. The summed E-state index contributed by atoms with van der Waals surface area (Å²) in [5.41, 5.74) is 1.60. The molecule has 1 aliphatic heterocycles. The maximum Gasteiger partial charge on any atom is 0.265 e. The van der Waals surface area contributed by atoms with Gasteiger partial charge < -0.3 is 10.6 Å². The molecule has 0 unspecified atom stereocenters. The molecule has 0 saturated carbocycles. The van der Waals surface area contributed by atoms with Crippen molar-refractivity contribution in [2.45, 2.75) is 23.9 Å². The van der Waals surface area contributed by atoms with E-state index in [4.69, 9.17) is 0 Å². The molecule has 35 heavy (non-hydrogen) atoms. The minimum absolute atomic E-state index is 0.0785. The van der Waals surface area contributed by atoms with E-state index in [1.54, 1.807) is 42.5 Å². The second-order valence-corrected chi connectivity index (χ2v) is 10.1. The fraction of sp³-hybridized carbons (Fsp3) is 0.111. The number of hydrogen-bond acceptors (Lipinski definition) is 4. The zero-order valence-electron chi connectivity index (χ0n) is 18.7. The van der Waals surface area contributed by atoms with E-state index in [1.807, 2.05) is 48.5 Å². The highest BCUT2D eigenvalue weighted by Crippen LogP contribution is 2.38. The fourth-order valence-electron chi connectivity index (χ4n) is 4.31. The summed E-state index contributed by atoms with van der Waals surface area (Å²) in [6.45, 7) is 0.278. The van der Waals surface area contributed by atoms with Crippen molar-refractivity contribution in [3.8, 4) is 0 Å². The zero-order chi connectivity index (χ0) is 24.4. The van der Waals surface area contributed by atoms with E-state index < -0.39 is 27.9 Å². The van der Waals surface area contributed by atoms with Gasteiger partial charge in [0, 0.05) is 11.9 Å². The first-order valence-corrected chi connectivity index (χ1v) is 12.6. The van der Waals surface area contributed by atoms with Crippen molar-refractivity contribution >= 4 is 44.0 Å². The number of carbonyl (C=O) groups is 2. The maximum absolute atomic E-state index is 14.1. The minimum atomic E-state index is -4.20. The number of amides is 2. The summed E-state index contributed by atoms with van der Waals surface area (Å²) in [7, 11) is -4.20. The predicted molar refractivity (Wildman–Crippen MR) is 135 cm³/mol. The van der Waals surface area contributed by atoms with E-state index in [2.05, 4.69) is 10.6 Å². The Bertz CT molecular complexity index is 1510. The van der Waals surface area contributed by atoms with Crippen LogP contribution >= 0.6 is 0 Å². The van der Waals surface area contributed by atoms with Crippen molar-refractivity contribution < 1.29 is 18.0 Å². The molecular formula is C27H23N3O4S. The molecule has 0 bridgehead atoms. The molecule has 0 radical (unpaired) electrons. The van der Waals surface area contributed by atoms with Gasteiger partial charge in [-0.2, -0.15) is 0 Å². The molecule has 2 N–H and O–H groups in total. The van der Waals surface area contributed by atoms with Crippen LogP contribution in [0, 0.1) is 0 Å². The summed E-state index contributed by atoms with van der Waals surface area (Å²) in [6, 6.07) is 27.0. The van der Waals surface area contributed by atoms with Gasteiger partial charge in [-0.15, -0.1) is 0 Å². The number of anilines is 2. The van der Waals surface area contributed by atoms with Gasteiger partial charge in [0.2, 0.25) is 11.8 Å². The number of sulfonamides is 1. The Morgan fingerprint density at radius 1 is 0.857 bits per heavy atom. The lowest BCUT2D eigenvalue weighted by Gasteiger charge is -2.37. The highest BCUT2D eigenvalue weighted by molar-refractivity contribution is 7.93. The van der Waals surface area contributed by atoms with Crippen molar-refractivity contribution in [2.75, 3.05) is 9.62 Å². The average molecular weight is 486 g/mol. The van der Waals surface area contributed by atoms with Gasteiger partial charge in [0.05, 0.1) is 22.7 Å². The topological polar surface area (TPSA) is 95.6 Å². The molecule has 2 amide bonds. The number of carbonyl (C=O) groups excluding carboxylic acids is 2. The molecule has 8 heteroatoms. The van der Waals surface area contributed by atoms with Gasteiger partial charge in [-0.05, 0) is 29.1 Å². The van der Waals surface area contributed by atoms with Crippen LogP contribution in [0.3, 0.4) is 0 Å². The second-order valence-electron chi connectivity index (χ2n) is 8.27.